The van der Waals surface area contributed by atoms with Crippen LogP contribution in [0, 0.1) is 0 Å². The Bertz CT molecular complexity index is 667. The van der Waals surface area contributed by atoms with Gasteiger partial charge in [-0.2, -0.15) is 5.10 Å². The minimum Gasteiger partial charge on any atom is -0.480 e. The van der Waals surface area contributed by atoms with Crippen molar-refractivity contribution < 1.29 is 14.7 Å². The first-order chi connectivity index (χ1) is 10.6. The van der Waals surface area contributed by atoms with E-state index >= 15 is 0 Å². The van der Waals surface area contributed by atoms with Crippen LogP contribution in [0.15, 0.2) is 23.2 Å². The highest BCUT2D eigenvalue weighted by atomic mass is 32.1. The molecule has 0 spiro atoms. The number of piperidine rings is 1. The van der Waals surface area contributed by atoms with Gasteiger partial charge in [-0.25, -0.2) is 4.98 Å². The van der Waals surface area contributed by atoms with Crippen molar-refractivity contribution in [3.05, 3.63) is 34.5 Å². The Kier molecular flexibility index (Phi) is 4.19. The van der Waals surface area contributed by atoms with Gasteiger partial charge in [-0.15, -0.1) is 11.3 Å². The molecule has 2 aromatic rings. The summed E-state index contributed by atoms with van der Waals surface area (Å²) in [5.74, 6) is -0.819. The van der Waals surface area contributed by atoms with Gasteiger partial charge in [0.2, 0.25) is 0 Å². The van der Waals surface area contributed by atoms with Crippen molar-refractivity contribution in [3.8, 4) is 0 Å². The van der Waals surface area contributed by atoms with Crippen LogP contribution in [-0.4, -0.2) is 49.7 Å². The molecule has 1 aliphatic heterocycles. The predicted octanol–water partition coefficient (Wildman–Crippen LogP) is 1.44. The van der Waals surface area contributed by atoms with Gasteiger partial charge >= 0.3 is 5.97 Å². The second-order valence-electron chi connectivity index (χ2n) is 5.30. The van der Waals surface area contributed by atoms with E-state index in [1.165, 1.54) is 16.0 Å². The van der Waals surface area contributed by atoms with Crippen LogP contribution < -0.4 is 0 Å². The summed E-state index contributed by atoms with van der Waals surface area (Å²) in [5.41, 5.74) is 2.99. The van der Waals surface area contributed by atoms with Crippen molar-refractivity contribution in [3.63, 3.8) is 0 Å². The van der Waals surface area contributed by atoms with Gasteiger partial charge in [0.25, 0.3) is 5.91 Å². The smallest absolute Gasteiger partial charge is 0.325 e. The summed E-state index contributed by atoms with van der Waals surface area (Å²) in [6.45, 7) is 1.18. The fourth-order valence-corrected chi connectivity index (χ4v) is 3.23. The van der Waals surface area contributed by atoms with Gasteiger partial charge in [0.1, 0.15) is 12.2 Å². The maximum Gasteiger partial charge on any atom is 0.325 e. The Hall–Kier alpha value is -2.22. The molecule has 1 amide bonds. The van der Waals surface area contributed by atoms with Crippen LogP contribution in [0.4, 0.5) is 0 Å². The minimum absolute atomic E-state index is 0.0454. The Labute approximate surface area is 131 Å². The van der Waals surface area contributed by atoms with Crippen molar-refractivity contribution in [1.29, 1.82) is 0 Å². The zero-order valence-electron chi connectivity index (χ0n) is 11.9. The monoisotopic (exact) mass is 320 g/mol. The highest BCUT2D eigenvalue weighted by molar-refractivity contribution is 7.07. The predicted molar refractivity (Wildman–Crippen MR) is 79.9 cm³/mol. The van der Waals surface area contributed by atoms with Crippen LogP contribution in [0.1, 0.15) is 34.9 Å². The van der Waals surface area contributed by atoms with Gasteiger partial charge in [-0.3, -0.25) is 14.3 Å². The summed E-state index contributed by atoms with van der Waals surface area (Å²) >= 11 is 1.41. The average Bonchev–Trinajstić information content (AvgIpc) is 3.17. The molecule has 0 saturated carbocycles. The lowest BCUT2D eigenvalue weighted by molar-refractivity contribution is -0.137. The molecule has 1 N–H and O–H groups in total. The van der Waals surface area contributed by atoms with Crippen molar-refractivity contribution in [2.24, 2.45) is 0 Å². The van der Waals surface area contributed by atoms with E-state index in [9.17, 15) is 9.59 Å². The molecule has 0 aliphatic carbocycles. The lowest BCUT2D eigenvalue weighted by Crippen LogP contribution is -2.39. The molecule has 3 heterocycles. The van der Waals surface area contributed by atoms with E-state index in [0.29, 0.717) is 12.2 Å². The van der Waals surface area contributed by atoms with E-state index in [1.807, 2.05) is 6.07 Å². The van der Waals surface area contributed by atoms with E-state index in [-0.39, 0.29) is 18.4 Å². The minimum atomic E-state index is -0.918. The summed E-state index contributed by atoms with van der Waals surface area (Å²) in [6, 6.07) is 1.84. The van der Waals surface area contributed by atoms with Gasteiger partial charge in [0.05, 0.1) is 11.2 Å². The summed E-state index contributed by atoms with van der Waals surface area (Å²) in [7, 11) is 0. The standard InChI is InChI=1S/C14H16N4O3S/c19-13(20)7-18-5-3-11(16-18)10-2-1-4-17(6-10)14(21)12-8-22-9-15-12/h3,5,8-10H,1-2,4,6-7H2,(H,19,20). The number of aliphatic carboxylic acids is 1. The summed E-state index contributed by atoms with van der Waals surface area (Å²) in [6.07, 6.45) is 3.53. The second kappa shape index (κ2) is 6.27. The van der Waals surface area contributed by atoms with Crippen LogP contribution in [-0.2, 0) is 11.3 Å². The maximum absolute atomic E-state index is 12.4. The molecule has 1 saturated heterocycles. The lowest BCUT2D eigenvalue weighted by atomic mass is 9.95. The molecule has 0 bridgehead atoms. The molecular weight excluding hydrogens is 304 g/mol. The van der Waals surface area contributed by atoms with Crippen LogP contribution >= 0.6 is 11.3 Å². The average molecular weight is 320 g/mol. The number of aromatic nitrogens is 3. The molecule has 2 aromatic heterocycles. The van der Waals surface area contributed by atoms with E-state index in [2.05, 4.69) is 10.1 Å². The van der Waals surface area contributed by atoms with E-state index in [4.69, 9.17) is 5.11 Å². The molecule has 0 aromatic carbocycles. The van der Waals surface area contributed by atoms with Crippen LogP contribution in [0.5, 0.6) is 0 Å². The van der Waals surface area contributed by atoms with Gasteiger partial charge in [0, 0.05) is 30.6 Å². The first kappa shape index (κ1) is 14.7. The van der Waals surface area contributed by atoms with Crippen LogP contribution in [0.2, 0.25) is 0 Å². The molecule has 7 nitrogen and oxygen atoms in total. The Morgan fingerprint density at radius 3 is 3.05 bits per heavy atom. The fourth-order valence-electron chi connectivity index (χ4n) is 2.70. The Morgan fingerprint density at radius 1 is 1.45 bits per heavy atom. The number of likely N-dealkylation sites (tertiary alicyclic amines) is 1. The van der Waals surface area contributed by atoms with E-state index in [0.717, 1.165) is 25.1 Å². The molecule has 1 fully saturated rings. The molecular formula is C14H16N4O3S. The third-order valence-electron chi connectivity index (χ3n) is 3.74. The third kappa shape index (κ3) is 3.16. The second-order valence-corrected chi connectivity index (χ2v) is 6.01. The van der Waals surface area contributed by atoms with Gasteiger partial charge in [0.15, 0.2) is 0 Å². The van der Waals surface area contributed by atoms with Crippen molar-refractivity contribution in [2.45, 2.75) is 25.3 Å². The number of hydrogen-bond donors (Lipinski definition) is 1. The SMILES string of the molecule is O=C(O)Cn1ccc(C2CCCN(C(=O)c3cscn3)C2)n1. The van der Waals surface area contributed by atoms with Crippen molar-refractivity contribution >= 4 is 23.2 Å². The summed E-state index contributed by atoms with van der Waals surface area (Å²) in [5, 5.41) is 14.9. The zero-order chi connectivity index (χ0) is 15.5. The van der Waals surface area contributed by atoms with Crippen LogP contribution in [0.25, 0.3) is 0 Å². The maximum atomic E-state index is 12.4. The molecule has 3 rings (SSSR count). The first-order valence-electron chi connectivity index (χ1n) is 7.06. The highest BCUT2D eigenvalue weighted by Gasteiger charge is 2.27. The fraction of sp³-hybridized carbons (Fsp3) is 0.429. The number of carboxylic acid groups (broad SMARTS) is 1. The van der Waals surface area contributed by atoms with E-state index in [1.54, 1.807) is 22.0 Å². The van der Waals surface area contributed by atoms with Gasteiger partial charge in [-0.05, 0) is 18.9 Å². The number of carbonyl (C=O) groups is 2. The molecule has 1 aliphatic rings. The normalized spacial score (nSPS) is 18.4. The van der Waals surface area contributed by atoms with Crippen LogP contribution in [0.3, 0.4) is 0 Å². The molecule has 22 heavy (non-hydrogen) atoms. The number of rotatable bonds is 4. The number of carboxylic acids is 1. The number of thiazole rings is 1. The summed E-state index contributed by atoms with van der Waals surface area (Å²) < 4.78 is 1.42. The topological polar surface area (TPSA) is 88.3 Å². The Morgan fingerprint density at radius 2 is 2.32 bits per heavy atom. The quantitative estimate of drug-likeness (QED) is 0.921. The van der Waals surface area contributed by atoms with Gasteiger partial charge < -0.3 is 10.0 Å². The Balaban J connectivity index is 1.69. The zero-order valence-corrected chi connectivity index (χ0v) is 12.7. The van der Waals surface area contributed by atoms with Crippen molar-refractivity contribution in [1.82, 2.24) is 19.7 Å². The third-order valence-corrected chi connectivity index (χ3v) is 4.32. The number of hydrogen-bond acceptors (Lipinski definition) is 5. The molecule has 116 valence electrons. The largest absolute Gasteiger partial charge is 0.480 e. The lowest BCUT2D eigenvalue weighted by Gasteiger charge is -2.31. The molecule has 1 atom stereocenters. The number of amides is 1. The van der Waals surface area contributed by atoms with Gasteiger partial charge in [-0.1, -0.05) is 0 Å². The molecule has 1 unspecified atom stereocenters. The highest BCUT2D eigenvalue weighted by Crippen LogP contribution is 2.26. The number of nitrogens with zero attached hydrogens (tertiary/aromatic N) is 4. The first-order valence-corrected chi connectivity index (χ1v) is 8.00. The molecule has 8 heteroatoms. The van der Waals surface area contributed by atoms with E-state index < -0.39 is 5.97 Å². The molecule has 0 radical (unpaired) electrons. The number of carbonyl (C=O) groups excluding carboxylic acids is 1. The van der Waals surface area contributed by atoms with Crippen molar-refractivity contribution in [2.75, 3.05) is 13.1 Å². The summed E-state index contributed by atoms with van der Waals surface area (Å²) in [4.78, 5) is 28.9.